The van der Waals surface area contributed by atoms with Gasteiger partial charge in [0.2, 0.25) is 10.0 Å². The van der Waals surface area contributed by atoms with Crippen molar-refractivity contribution in [3.05, 3.63) is 0 Å². The van der Waals surface area contributed by atoms with Crippen LogP contribution in [0.5, 0.6) is 0 Å². The molecule has 0 saturated heterocycles. The molecule has 0 aromatic carbocycles. The van der Waals surface area contributed by atoms with Gasteiger partial charge >= 0.3 is 6.18 Å². The Morgan fingerprint density at radius 2 is 1.89 bits per heavy atom. The van der Waals surface area contributed by atoms with Crippen LogP contribution in [0, 0.1) is 5.92 Å². The van der Waals surface area contributed by atoms with Crippen molar-refractivity contribution in [2.75, 3.05) is 19.5 Å². The molecule has 1 atom stereocenters. The fraction of sp³-hybridized carbons (Fsp3) is 1.00. The first kappa shape index (κ1) is 15.7. The molecular formula is C10H18F3NO3S. The van der Waals surface area contributed by atoms with Crippen LogP contribution in [0.15, 0.2) is 0 Å². The smallest absolute Gasteiger partial charge is 0.384 e. The summed E-state index contributed by atoms with van der Waals surface area (Å²) in [7, 11) is -2.66. The quantitative estimate of drug-likeness (QED) is 0.809. The highest BCUT2D eigenvalue weighted by Crippen LogP contribution is 2.35. The molecule has 0 amide bonds. The van der Waals surface area contributed by atoms with Crippen molar-refractivity contribution in [2.24, 2.45) is 5.92 Å². The molecule has 0 bridgehead atoms. The van der Waals surface area contributed by atoms with Crippen LogP contribution in [-0.2, 0) is 14.8 Å². The minimum Gasteiger partial charge on any atom is -0.384 e. The zero-order valence-corrected chi connectivity index (χ0v) is 11.0. The number of sulfonamides is 1. The Hall–Kier alpha value is -0.340. The molecule has 0 aromatic rings. The Morgan fingerprint density at radius 3 is 2.33 bits per heavy atom. The molecule has 0 aliphatic heterocycles. The van der Waals surface area contributed by atoms with Crippen molar-refractivity contribution >= 4 is 10.0 Å². The first-order chi connectivity index (χ1) is 8.26. The first-order valence-electron chi connectivity index (χ1n) is 5.82. The lowest BCUT2D eigenvalue weighted by Crippen LogP contribution is -2.50. The second-order valence-corrected chi connectivity index (χ2v) is 6.37. The largest absolute Gasteiger partial charge is 0.405 e. The van der Waals surface area contributed by atoms with Crippen LogP contribution in [0.4, 0.5) is 13.2 Å². The molecule has 1 fully saturated rings. The van der Waals surface area contributed by atoms with Gasteiger partial charge in [0.1, 0.15) is 6.04 Å². The van der Waals surface area contributed by atoms with Gasteiger partial charge < -0.3 is 4.74 Å². The third kappa shape index (κ3) is 4.74. The molecular weight excluding hydrogens is 271 g/mol. The summed E-state index contributed by atoms with van der Waals surface area (Å²) in [6.07, 6.45) is -2.28. The Labute approximate surface area is 105 Å². The number of alkyl halides is 3. The van der Waals surface area contributed by atoms with Gasteiger partial charge in [-0.25, -0.2) is 13.1 Å². The lowest BCUT2D eigenvalue weighted by Gasteiger charge is -2.26. The van der Waals surface area contributed by atoms with E-state index in [4.69, 9.17) is 0 Å². The average molecular weight is 289 g/mol. The second-order valence-electron chi connectivity index (χ2n) is 4.49. The molecule has 1 saturated carbocycles. The maximum atomic E-state index is 12.9. The van der Waals surface area contributed by atoms with E-state index < -0.39 is 33.9 Å². The summed E-state index contributed by atoms with van der Waals surface area (Å²) in [4.78, 5) is 0. The van der Waals surface area contributed by atoms with E-state index in [0.717, 1.165) is 12.8 Å². The Kier molecular flexibility index (Phi) is 5.42. The molecule has 1 rings (SSSR count). The lowest BCUT2D eigenvalue weighted by molar-refractivity contribution is -0.162. The molecule has 18 heavy (non-hydrogen) atoms. The molecule has 0 heterocycles. The summed E-state index contributed by atoms with van der Waals surface area (Å²) < 4.78 is 68.0. The molecule has 1 aliphatic rings. The van der Waals surface area contributed by atoms with Gasteiger partial charge in [-0.3, -0.25) is 0 Å². The van der Waals surface area contributed by atoms with Crippen molar-refractivity contribution < 1.29 is 26.3 Å². The molecule has 1 aliphatic carbocycles. The molecule has 0 spiro atoms. The molecule has 0 unspecified atom stereocenters. The van der Waals surface area contributed by atoms with Crippen molar-refractivity contribution in [1.82, 2.24) is 4.72 Å². The highest BCUT2D eigenvalue weighted by atomic mass is 32.2. The van der Waals surface area contributed by atoms with E-state index in [0.29, 0.717) is 12.8 Å². The van der Waals surface area contributed by atoms with Crippen molar-refractivity contribution in [2.45, 2.75) is 37.9 Å². The van der Waals surface area contributed by atoms with Gasteiger partial charge in [-0.2, -0.15) is 13.2 Å². The van der Waals surface area contributed by atoms with Gasteiger partial charge in [0.25, 0.3) is 0 Å². The number of nitrogens with one attached hydrogen (secondary N) is 1. The Bertz CT molecular complexity index is 350. The molecule has 0 aromatic heterocycles. The van der Waals surface area contributed by atoms with Gasteiger partial charge in [0.05, 0.1) is 12.4 Å². The van der Waals surface area contributed by atoms with Crippen LogP contribution >= 0.6 is 0 Å². The van der Waals surface area contributed by atoms with Crippen LogP contribution in [0.1, 0.15) is 25.7 Å². The molecule has 8 heteroatoms. The second kappa shape index (κ2) is 6.21. The van der Waals surface area contributed by atoms with E-state index in [1.54, 1.807) is 4.72 Å². The summed E-state index contributed by atoms with van der Waals surface area (Å²) in [6.45, 7) is -0.120. The van der Waals surface area contributed by atoms with Crippen molar-refractivity contribution in [3.8, 4) is 0 Å². The first-order valence-corrected chi connectivity index (χ1v) is 7.47. The standard InChI is InChI=1S/C10H18F3NO3S/c1-17-6-7-18(15,16)14-9(10(11,12)13)8-4-2-3-5-8/h8-9,14H,2-7H2,1H3/t9-/m1/s1. The molecule has 1 N–H and O–H groups in total. The third-order valence-electron chi connectivity index (χ3n) is 3.09. The monoisotopic (exact) mass is 289 g/mol. The van der Waals surface area contributed by atoms with Crippen LogP contribution in [0.2, 0.25) is 0 Å². The maximum absolute atomic E-state index is 12.9. The summed E-state index contributed by atoms with van der Waals surface area (Å²) in [5.41, 5.74) is 0. The highest BCUT2D eigenvalue weighted by Gasteiger charge is 2.47. The van der Waals surface area contributed by atoms with Gasteiger partial charge in [0, 0.05) is 7.11 Å². The predicted molar refractivity (Wildman–Crippen MR) is 60.6 cm³/mol. The predicted octanol–water partition coefficient (Wildman–Crippen LogP) is 1.67. The number of rotatable bonds is 6. The fourth-order valence-corrected chi connectivity index (χ4v) is 3.38. The van der Waals surface area contributed by atoms with E-state index >= 15 is 0 Å². The van der Waals surface area contributed by atoms with Crippen molar-refractivity contribution in [3.63, 3.8) is 0 Å². The summed E-state index contributed by atoms with van der Waals surface area (Å²) in [5.74, 6) is -1.11. The number of hydrogen-bond acceptors (Lipinski definition) is 3. The lowest BCUT2D eigenvalue weighted by atomic mass is 9.99. The van der Waals surface area contributed by atoms with E-state index in [1.165, 1.54) is 7.11 Å². The van der Waals surface area contributed by atoms with Gasteiger partial charge in [0.15, 0.2) is 0 Å². The normalized spacial score (nSPS) is 20.2. The number of halogens is 3. The van der Waals surface area contributed by atoms with E-state index in [1.807, 2.05) is 0 Å². The van der Waals surface area contributed by atoms with Gasteiger partial charge in [-0.05, 0) is 18.8 Å². The molecule has 0 radical (unpaired) electrons. The number of hydrogen-bond donors (Lipinski definition) is 1. The number of methoxy groups -OCH3 is 1. The molecule has 108 valence electrons. The maximum Gasteiger partial charge on any atom is 0.405 e. The number of ether oxygens (including phenoxy) is 1. The minimum atomic E-state index is -4.55. The SMILES string of the molecule is COCCS(=O)(=O)N[C@H](C1CCCC1)C(F)(F)F. The van der Waals surface area contributed by atoms with Crippen LogP contribution in [-0.4, -0.2) is 40.1 Å². The Balaban J connectivity index is 2.72. The van der Waals surface area contributed by atoms with Crippen molar-refractivity contribution in [1.29, 1.82) is 0 Å². The average Bonchev–Trinajstić information content (AvgIpc) is 2.75. The summed E-state index contributed by atoms with van der Waals surface area (Å²) in [5, 5.41) is 0. The van der Waals surface area contributed by atoms with E-state index in [9.17, 15) is 21.6 Å². The minimum absolute atomic E-state index is 0.120. The third-order valence-corrected chi connectivity index (χ3v) is 4.40. The van der Waals surface area contributed by atoms with Crippen LogP contribution in [0.25, 0.3) is 0 Å². The highest BCUT2D eigenvalue weighted by molar-refractivity contribution is 7.89. The van der Waals surface area contributed by atoms with Crippen LogP contribution in [0.3, 0.4) is 0 Å². The molecule has 4 nitrogen and oxygen atoms in total. The topological polar surface area (TPSA) is 55.4 Å². The van der Waals surface area contributed by atoms with Crippen LogP contribution < -0.4 is 4.72 Å². The van der Waals surface area contributed by atoms with Gasteiger partial charge in [-0.15, -0.1) is 0 Å². The van der Waals surface area contributed by atoms with E-state index in [2.05, 4.69) is 4.74 Å². The summed E-state index contributed by atoms with van der Waals surface area (Å²) in [6, 6.07) is -1.97. The Morgan fingerprint density at radius 1 is 1.33 bits per heavy atom. The fourth-order valence-electron chi connectivity index (χ4n) is 2.17. The zero-order valence-electron chi connectivity index (χ0n) is 10.2. The summed E-state index contributed by atoms with van der Waals surface area (Å²) >= 11 is 0. The van der Waals surface area contributed by atoms with E-state index in [-0.39, 0.29) is 6.61 Å². The zero-order chi connectivity index (χ0) is 13.8. The van der Waals surface area contributed by atoms with Gasteiger partial charge in [-0.1, -0.05) is 12.8 Å².